The fourth-order valence-electron chi connectivity index (χ4n) is 5.10. The van der Waals surface area contributed by atoms with E-state index in [1.807, 2.05) is 44.2 Å². The first-order chi connectivity index (χ1) is 14.1. The van der Waals surface area contributed by atoms with E-state index >= 15 is 0 Å². The number of carbonyl (C=O) groups is 2. The molecular formula is C24H39N3O2S. The van der Waals surface area contributed by atoms with Crippen LogP contribution in [0, 0.1) is 23.2 Å². The summed E-state index contributed by atoms with van der Waals surface area (Å²) in [6.07, 6.45) is 6.67. The van der Waals surface area contributed by atoms with E-state index < -0.39 is 5.54 Å². The van der Waals surface area contributed by atoms with Crippen molar-refractivity contribution in [3.05, 3.63) is 30.3 Å². The van der Waals surface area contributed by atoms with Crippen molar-refractivity contribution in [3.8, 4) is 0 Å². The van der Waals surface area contributed by atoms with Gasteiger partial charge in [-0.15, -0.1) is 0 Å². The average molecular weight is 434 g/mol. The molecule has 0 aromatic heterocycles. The molecule has 1 amide bonds. The Hall–Kier alpha value is -1.37. The first-order valence-corrected chi connectivity index (χ1v) is 11.9. The molecular weight excluding hydrogens is 394 g/mol. The quantitative estimate of drug-likeness (QED) is 0.444. The minimum Gasteiger partial charge on any atom is -0.369 e. The van der Waals surface area contributed by atoms with Gasteiger partial charge in [-0.2, -0.15) is 0 Å². The third-order valence-electron chi connectivity index (χ3n) is 6.66. The Labute approximate surface area is 186 Å². The molecule has 30 heavy (non-hydrogen) atoms. The molecule has 2 aliphatic rings. The summed E-state index contributed by atoms with van der Waals surface area (Å²) in [5.74, 6) is 2.02. The van der Waals surface area contributed by atoms with E-state index in [1.165, 1.54) is 31.2 Å². The molecule has 0 aliphatic heterocycles. The molecule has 5 nitrogen and oxygen atoms in total. The Kier molecular flexibility index (Phi) is 8.95. The number of primary amides is 1. The third-order valence-corrected chi connectivity index (χ3v) is 7.80. The molecule has 2 fully saturated rings. The van der Waals surface area contributed by atoms with E-state index in [2.05, 4.69) is 30.9 Å². The van der Waals surface area contributed by atoms with Gasteiger partial charge in [0.15, 0.2) is 0 Å². The van der Waals surface area contributed by atoms with Crippen LogP contribution >= 0.6 is 11.9 Å². The highest BCUT2D eigenvalue weighted by atomic mass is 32.2. The number of nitrogens with one attached hydrogen (secondary N) is 2. The Morgan fingerprint density at radius 3 is 2.47 bits per heavy atom. The van der Waals surface area contributed by atoms with Crippen LogP contribution < -0.4 is 15.8 Å². The van der Waals surface area contributed by atoms with Gasteiger partial charge in [-0.3, -0.25) is 4.79 Å². The van der Waals surface area contributed by atoms with E-state index in [1.54, 1.807) is 0 Å². The fourth-order valence-corrected chi connectivity index (χ4v) is 5.83. The van der Waals surface area contributed by atoms with E-state index in [0.29, 0.717) is 17.9 Å². The second-order valence-corrected chi connectivity index (χ2v) is 10.6. The third kappa shape index (κ3) is 6.56. The van der Waals surface area contributed by atoms with Crippen molar-refractivity contribution >= 4 is 24.1 Å². The maximum Gasteiger partial charge on any atom is 0.223 e. The van der Waals surface area contributed by atoms with Crippen molar-refractivity contribution in [2.24, 2.45) is 28.9 Å². The van der Waals surface area contributed by atoms with Crippen LogP contribution in [0.2, 0.25) is 0 Å². The van der Waals surface area contributed by atoms with E-state index in [-0.39, 0.29) is 11.3 Å². The Morgan fingerprint density at radius 1 is 1.27 bits per heavy atom. The summed E-state index contributed by atoms with van der Waals surface area (Å²) in [5.41, 5.74) is 4.87. The van der Waals surface area contributed by atoms with Gasteiger partial charge in [-0.05, 0) is 88.4 Å². The maximum absolute atomic E-state index is 11.7. The second-order valence-electron chi connectivity index (χ2n) is 9.77. The Balaban J connectivity index is 0.000000222. The summed E-state index contributed by atoms with van der Waals surface area (Å²) in [6, 6.07) is 10.5. The van der Waals surface area contributed by atoms with E-state index in [4.69, 9.17) is 5.73 Å². The molecule has 2 aliphatic carbocycles. The highest BCUT2D eigenvalue weighted by molar-refractivity contribution is 7.97. The van der Waals surface area contributed by atoms with Crippen LogP contribution in [0.25, 0.3) is 0 Å². The summed E-state index contributed by atoms with van der Waals surface area (Å²) in [5, 5.41) is 3.48. The van der Waals surface area contributed by atoms with Crippen molar-refractivity contribution in [3.63, 3.8) is 0 Å². The highest BCUT2D eigenvalue weighted by Crippen LogP contribution is 2.50. The van der Waals surface area contributed by atoms with Crippen molar-refractivity contribution < 1.29 is 9.59 Å². The zero-order valence-corrected chi connectivity index (χ0v) is 19.9. The van der Waals surface area contributed by atoms with Gasteiger partial charge < -0.3 is 15.8 Å². The van der Waals surface area contributed by atoms with E-state index in [0.717, 1.165) is 29.9 Å². The topological polar surface area (TPSA) is 84.2 Å². The molecule has 2 saturated carbocycles. The van der Waals surface area contributed by atoms with Gasteiger partial charge in [0.2, 0.25) is 5.91 Å². The summed E-state index contributed by atoms with van der Waals surface area (Å²) < 4.78 is 3.07. The number of nitrogens with two attached hydrogens (primary N) is 1. The molecule has 0 saturated heterocycles. The molecule has 5 atom stereocenters. The van der Waals surface area contributed by atoms with Gasteiger partial charge in [0.1, 0.15) is 6.29 Å². The molecule has 0 radical (unpaired) electrons. The van der Waals surface area contributed by atoms with Crippen LogP contribution in [-0.2, 0) is 9.59 Å². The van der Waals surface area contributed by atoms with Crippen LogP contribution in [0.3, 0.4) is 0 Å². The number of carbonyl (C=O) groups excluding carboxylic acids is 2. The van der Waals surface area contributed by atoms with E-state index in [9.17, 15) is 9.59 Å². The van der Waals surface area contributed by atoms with Crippen LogP contribution in [0.4, 0.5) is 0 Å². The Bertz CT molecular complexity index is 697. The lowest BCUT2D eigenvalue weighted by atomic mass is 9.57. The molecule has 168 valence electrons. The van der Waals surface area contributed by atoms with Crippen LogP contribution in [0.1, 0.15) is 59.8 Å². The van der Waals surface area contributed by atoms with Gasteiger partial charge in [-0.25, -0.2) is 4.72 Å². The van der Waals surface area contributed by atoms with Gasteiger partial charge in [0, 0.05) is 16.4 Å². The first-order valence-electron chi connectivity index (χ1n) is 11.1. The highest BCUT2D eigenvalue weighted by Gasteiger charge is 2.48. The summed E-state index contributed by atoms with van der Waals surface area (Å²) >= 11 is 1.47. The zero-order valence-electron chi connectivity index (χ0n) is 19.1. The molecule has 4 N–H and O–H groups in total. The number of fused-ring (bicyclic) bond motifs is 2. The molecule has 0 spiro atoms. The van der Waals surface area contributed by atoms with Crippen molar-refractivity contribution in [2.45, 2.75) is 76.3 Å². The van der Waals surface area contributed by atoms with Crippen molar-refractivity contribution in [1.29, 1.82) is 0 Å². The van der Waals surface area contributed by atoms with Crippen molar-refractivity contribution in [1.82, 2.24) is 10.0 Å². The molecule has 6 heteroatoms. The molecule has 0 heterocycles. The monoisotopic (exact) mass is 433 g/mol. The molecule has 5 unspecified atom stereocenters. The lowest BCUT2D eigenvalue weighted by Gasteiger charge is -2.50. The summed E-state index contributed by atoms with van der Waals surface area (Å²) in [6.45, 7) is 8.03. The zero-order chi connectivity index (χ0) is 22.4. The predicted molar refractivity (Wildman–Crippen MR) is 125 cm³/mol. The minimum absolute atomic E-state index is 0.1000. The van der Waals surface area contributed by atoms with Gasteiger partial charge in [0.25, 0.3) is 0 Å². The normalized spacial score (nSPS) is 30.7. The number of amides is 1. The molecule has 3 rings (SSSR count). The number of aldehydes is 1. The van der Waals surface area contributed by atoms with Gasteiger partial charge >= 0.3 is 0 Å². The molecule has 2 bridgehead atoms. The van der Waals surface area contributed by atoms with Gasteiger partial charge in [0.05, 0.1) is 5.54 Å². The number of hydrogen-bond donors (Lipinski definition) is 3. The lowest BCUT2D eigenvalue weighted by molar-refractivity contribution is -0.132. The average Bonchev–Trinajstić information content (AvgIpc) is 2.73. The fraction of sp³-hybridized carbons (Fsp3) is 0.667. The predicted octanol–water partition coefficient (Wildman–Crippen LogP) is 4.17. The SMILES string of the molecule is CC(C)(C=O)NSc1ccccc1.CCC1CC2CC(CC(C)(C(N)=O)C2)C1NC. The number of rotatable bonds is 7. The summed E-state index contributed by atoms with van der Waals surface area (Å²) in [7, 11) is 2.06. The lowest BCUT2D eigenvalue weighted by Crippen LogP contribution is -2.53. The van der Waals surface area contributed by atoms with Crippen LogP contribution in [-0.4, -0.2) is 30.8 Å². The first kappa shape index (κ1) is 24.9. The largest absolute Gasteiger partial charge is 0.369 e. The second kappa shape index (κ2) is 10.8. The number of hydrogen-bond acceptors (Lipinski definition) is 5. The molecule has 1 aromatic rings. The minimum atomic E-state index is -0.472. The van der Waals surface area contributed by atoms with Crippen LogP contribution in [0.15, 0.2) is 35.2 Å². The smallest absolute Gasteiger partial charge is 0.223 e. The van der Waals surface area contributed by atoms with Crippen LogP contribution in [0.5, 0.6) is 0 Å². The standard InChI is InChI=1S/C14H26N2O.C10H13NOS/c1-4-10-5-9-6-11(12(10)16-3)8-14(2,7-9)13(15)17;1-10(2,8-12)11-13-9-6-4-3-5-7-9/h9-12,16H,4-8H2,1-3H3,(H2,15,17);3-8,11H,1-2H3. The summed E-state index contributed by atoms with van der Waals surface area (Å²) in [4.78, 5) is 23.3. The maximum atomic E-state index is 11.7. The van der Waals surface area contributed by atoms with Gasteiger partial charge in [-0.1, -0.05) is 38.5 Å². The van der Waals surface area contributed by atoms with Crippen molar-refractivity contribution in [2.75, 3.05) is 7.05 Å². The Morgan fingerprint density at radius 2 is 1.93 bits per heavy atom. The number of benzene rings is 1. The molecule has 1 aromatic carbocycles.